The van der Waals surface area contributed by atoms with Gasteiger partial charge in [-0.1, -0.05) is 28.8 Å². The Hall–Kier alpha value is -3.27. The monoisotopic (exact) mass is 388 g/mol. The zero-order valence-corrected chi connectivity index (χ0v) is 15.3. The molecule has 1 aromatic heterocycles. The van der Waals surface area contributed by atoms with E-state index in [0.29, 0.717) is 23.0 Å². The minimum absolute atomic E-state index is 0.0256. The highest BCUT2D eigenvalue weighted by atomic mass is 32.2. The van der Waals surface area contributed by atoms with Crippen molar-refractivity contribution >= 4 is 32.3 Å². The number of aryl methyl sites for hydroxylation is 2. The van der Waals surface area contributed by atoms with E-state index in [4.69, 9.17) is 0 Å². The molecule has 0 aliphatic heterocycles. The number of sulfonamides is 1. The molecule has 0 amide bonds. The van der Waals surface area contributed by atoms with Gasteiger partial charge in [-0.05, 0) is 26.0 Å². The van der Waals surface area contributed by atoms with Crippen LogP contribution in [0.4, 0.5) is 11.4 Å². The van der Waals surface area contributed by atoms with Crippen molar-refractivity contribution < 1.29 is 18.4 Å². The van der Waals surface area contributed by atoms with Crippen molar-refractivity contribution in [1.82, 2.24) is 4.57 Å². The van der Waals surface area contributed by atoms with Crippen molar-refractivity contribution in [1.29, 1.82) is 0 Å². The van der Waals surface area contributed by atoms with Gasteiger partial charge in [0, 0.05) is 23.6 Å². The number of nitro groups is 1. The summed E-state index contributed by atoms with van der Waals surface area (Å²) in [6.07, 6.45) is 0. The lowest BCUT2D eigenvalue weighted by atomic mass is 10.2. The van der Waals surface area contributed by atoms with Gasteiger partial charge >= 0.3 is 0 Å². The molecule has 0 unspecified atom stereocenters. The molecule has 3 aromatic rings. The van der Waals surface area contributed by atoms with Crippen molar-refractivity contribution in [3.05, 3.63) is 58.1 Å². The summed E-state index contributed by atoms with van der Waals surface area (Å²) >= 11 is 0. The second-order valence-electron chi connectivity index (χ2n) is 5.80. The fourth-order valence-corrected chi connectivity index (χ4v) is 3.56. The van der Waals surface area contributed by atoms with Gasteiger partial charge in [-0.25, -0.2) is 0 Å². The Balaban J connectivity index is 2.09. The molecule has 3 rings (SSSR count). The Labute approximate surface area is 154 Å². The van der Waals surface area contributed by atoms with E-state index < -0.39 is 14.9 Å². The molecule has 1 N–H and O–H groups in total. The van der Waals surface area contributed by atoms with Crippen LogP contribution in [0.2, 0.25) is 0 Å². The van der Waals surface area contributed by atoms with Crippen LogP contribution in [0.3, 0.4) is 0 Å². The molecule has 0 saturated carbocycles. The molecular formula is C17H16N4O5S. The van der Waals surface area contributed by atoms with Crippen molar-refractivity contribution in [2.45, 2.75) is 25.3 Å². The summed E-state index contributed by atoms with van der Waals surface area (Å²) in [6, 6.07) is 10.5. The summed E-state index contributed by atoms with van der Waals surface area (Å²) in [6.45, 7) is 3.79. The third kappa shape index (κ3) is 3.26. The van der Waals surface area contributed by atoms with Gasteiger partial charge in [0.05, 0.1) is 15.3 Å². The van der Waals surface area contributed by atoms with Crippen molar-refractivity contribution in [2.75, 3.05) is 0 Å². The van der Waals surface area contributed by atoms with Crippen LogP contribution in [0.15, 0.2) is 57.0 Å². The molecular weight excluding hydrogens is 372 g/mol. The first-order valence-electron chi connectivity index (χ1n) is 7.99. The van der Waals surface area contributed by atoms with Gasteiger partial charge in [0.2, 0.25) is 5.88 Å². The summed E-state index contributed by atoms with van der Waals surface area (Å²) in [5.74, 6) is -0.201. The molecule has 0 radical (unpaired) electrons. The van der Waals surface area contributed by atoms with Gasteiger partial charge in [0.1, 0.15) is 0 Å². The normalized spacial score (nSPS) is 12.1. The van der Waals surface area contributed by atoms with Crippen LogP contribution in [0, 0.1) is 17.0 Å². The van der Waals surface area contributed by atoms with Crippen LogP contribution in [0.1, 0.15) is 12.5 Å². The van der Waals surface area contributed by atoms with Gasteiger partial charge in [0.25, 0.3) is 15.7 Å². The SMILES string of the molecule is CCn1c(O)c(N=NS(=O)(=O)c2ccc(C)c([N+](=O)[O-])c2)c2ccccc21. The Morgan fingerprint density at radius 1 is 1.22 bits per heavy atom. The third-order valence-corrected chi connectivity index (χ3v) is 5.30. The summed E-state index contributed by atoms with van der Waals surface area (Å²) in [5.41, 5.74) is 0.726. The number of nitro benzene ring substituents is 1. The molecule has 10 heteroatoms. The van der Waals surface area contributed by atoms with E-state index in [0.717, 1.165) is 6.07 Å². The van der Waals surface area contributed by atoms with Gasteiger partial charge in [-0.3, -0.25) is 10.1 Å². The summed E-state index contributed by atoms with van der Waals surface area (Å²) in [5, 5.41) is 25.7. The second kappa shape index (κ2) is 6.80. The van der Waals surface area contributed by atoms with E-state index in [9.17, 15) is 23.6 Å². The number of hydrogen-bond donors (Lipinski definition) is 1. The van der Waals surface area contributed by atoms with Crippen LogP contribution in [-0.4, -0.2) is 23.0 Å². The number of rotatable bonds is 5. The maximum atomic E-state index is 12.4. The predicted octanol–water partition coefficient (Wildman–Crippen LogP) is 4.06. The predicted molar refractivity (Wildman–Crippen MR) is 98.8 cm³/mol. The van der Waals surface area contributed by atoms with Crippen molar-refractivity contribution in [3.8, 4) is 5.88 Å². The number of fused-ring (bicyclic) bond motifs is 1. The first-order valence-corrected chi connectivity index (χ1v) is 9.43. The minimum Gasteiger partial charge on any atom is -0.493 e. The van der Waals surface area contributed by atoms with E-state index in [-0.39, 0.29) is 22.2 Å². The van der Waals surface area contributed by atoms with Gasteiger partial charge in [-0.2, -0.15) is 8.42 Å². The van der Waals surface area contributed by atoms with Crippen molar-refractivity contribution in [2.24, 2.45) is 9.63 Å². The Bertz CT molecular complexity index is 1180. The van der Waals surface area contributed by atoms with Crippen LogP contribution < -0.4 is 0 Å². The molecule has 1 heterocycles. The van der Waals surface area contributed by atoms with Crippen LogP contribution in [0.5, 0.6) is 5.88 Å². The highest BCUT2D eigenvalue weighted by Gasteiger charge is 2.21. The average Bonchev–Trinajstić information content (AvgIpc) is 2.90. The lowest BCUT2D eigenvalue weighted by molar-refractivity contribution is -0.385. The molecule has 9 nitrogen and oxygen atoms in total. The zero-order chi connectivity index (χ0) is 19.8. The van der Waals surface area contributed by atoms with E-state index in [1.807, 2.05) is 6.92 Å². The smallest absolute Gasteiger partial charge is 0.300 e. The molecule has 27 heavy (non-hydrogen) atoms. The molecule has 0 spiro atoms. The molecule has 0 atom stereocenters. The molecule has 140 valence electrons. The number of benzene rings is 2. The quantitative estimate of drug-likeness (QED) is 0.400. The maximum Gasteiger partial charge on any atom is 0.300 e. The van der Waals surface area contributed by atoms with Gasteiger partial charge in [-0.15, -0.1) is 5.11 Å². The molecule has 0 fully saturated rings. The fraction of sp³-hybridized carbons (Fsp3) is 0.176. The Kier molecular flexibility index (Phi) is 4.66. The van der Waals surface area contributed by atoms with E-state index in [1.54, 1.807) is 28.8 Å². The topological polar surface area (TPSA) is 127 Å². The highest BCUT2D eigenvalue weighted by Crippen LogP contribution is 2.39. The largest absolute Gasteiger partial charge is 0.493 e. The number of hydrogen-bond acceptors (Lipinski definition) is 6. The van der Waals surface area contributed by atoms with Crippen LogP contribution >= 0.6 is 0 Å². The lowest BCUT2D eigenvalue weighted by Gasteiger charge is -2.01. The number of aromatic hydroxyl groups is 1. The van der Waals surface area contributed by atoms with Gasteiger partial charge in [0.15, 0.2) is 5.69 Å². The molecule has 0 bridgehead atoms. The minimum atomic E-state index is -4.28. The van der Waals surface area contributed by atoms with E-state index in [1.165, 1.54) is 19.1 Å². The highest BCUT2D eigenvalue weighted by molar-refractivity contribution is 7.90. The summed E-state index contributed by atoms with van der Waals surface area (Å²) in [7, 11) is -4.28. The number of nitrogens with zero attached hydrogens (tertiary/aromatic N) is 4. The first-order chi connectivity index (χ1) is 12.8. The zero-order valence-electron chi connectivity index (χ0n) is 14.5. The van der Waals surface area contributed by atoms with Crippen molar-refractivity contribution in [3.63, 3.8) is 0 Å². The summed E-state index contributed by atoms with van der Waals surface area (Å²) < 4.78 is 29.9. The molecule has 0 aliphatic rings. The molecule has 2 aromatic carbocycles. The van der Waals surface area contributed by atoms with Crippen LogP contribution in [0.25, 0.3) is 10.9 Å². The lowest BCUT2D eigenvalue weighted by Crippen LogP contribution is -1.99. The van der Waals surface area contributed by atoms with E-state index in [2.05, 4.69) is 9.63 Å². The standard InChI is InChI=1S/C17H16N4O5S/c1-3-20-14-7-5-4-6-13(14)16(17(20)22)18-19-27(25,26)12-9-8-11(2)15(10-12)21(23)24/h4-10,22H,3H2,1-2H3. The van der Waals surface area contributed by atoms with Crippen LogP contribution in [-0.2, 0) is 16.6 Å². The average molecular weight is 388 g/mol. The molecule has 0 saturated heterocycles. The number of para-hydroxylation sites is 1. The summed E-state index contributed by atoms with van der Waals surface area (Å²) in [4.78, 5) is 10.0. The first kappa shape index (κ1) is 18.5. The number of aromatic nitrogens is 1. The van der Waals surface area contributed by atoms with Gasteiger partial charge < -0.3 is 9.67 Å². The Morgan fingerprint density at radius 2 is 1.93 bits per heavy atom. The molecule has 0 aliphatic carbocycles. The fourth-order valence-electron chi connectivity index (χ4n) is 2.78. The Morgan fingerprint density at radius 3 is 2.59 bits per heavy atom. The second-order valence-corrected chi connectivity index (χ2v) is 7.38. The third-order valence-electron chi connectivity index (χ3n) is 4.16. The maximum absolute atomic E-state index is 12.4. The van der Waals surface area contributed by atoms with E-state index >= 15 is 0 Å².